The predicted molar refractivity (Wildman–Crippen MR) is 54.7 cm³/mol. The number of rotatable bonds is 1. The summed E-state index contributed by atoms with van der Waals surface area (Å²) in [7, 11) is 0. The van der Waals surface area contributed by atoms with Gasteiger partial charge in [-0.1, -0.05) is 13.3 Å². The summed E-state index contributed by atoms with van der Waals surface area (Å²) >= 11 is 0. The summed E-state index contributed by atoms with van der Waals surface area (Å²) in [4.78, 5) is 2.91. The maximum atomic E-state index is 2.91. The predicted octanol–water partition coefficient (Wildman–Crippen LogP) is 2.80. The Bertz CT molecular complexity index is 185. The van der Waals surface area contributed by atoms with E-state index >= 15 is 0 Å². The van der Waals surface area contributed by atoms with Crippen LogP contribution in [-0.2, 0) is 0 Å². The summed E-state index contributed by atoms with van der Waals surface area (Å²) in [6, 6.07) is 2.97. The average Bonchev–Trinajstić information content (AvgIpc) is 2.39. The zero-order valence-corrected chi connectivity index (χ0v) is 8.71. The zero-order chi connectivity index (χ0) is 8.84. The molecule has 0 aromatic carbocycles. The van der Waals surface area contributed by atoms with Crippen molar-refractivity contribution < 1.29 is 0 Å². The third-order valence-electron chi connectivity index (χ3n) is 4.71. The Hall–Kier alpha value is -0.0400. The Morgan fingerprint density at radius 1 is 0.846 bits per heavy atom. The largest absolute Gasteiger partial charge is 0.294 e. The normalized spacial score (nSPS) is 50.5. The van der Waals surface area contributed by atoms with E-state index < -0.39 is 0 Å². The minimum atomic E-state index is 0.984. The van der Waals surface area contributed by atoms with Crippen molar-refractivity contribution in [2.45, 2.75) is 70.0 Å². The van der Waals surface area contributed by atoms with E-state index in [0.717, 1.165) is 24.0 Å². The molecule has 1 aliphatic carbocycles. The van der Waals surface area contributed by atoms with Crippen molar-refractivity contribution in [2.24, 2.45) is 5.92 Å². The minimum Gasteiger partial charge on any atom is -0.294 e. The van der Waals surface area contributed by atoms with Crippen LogP contribution in [0.4, 0.5) is 0 Å². The van der Waals surface area contributed by atoms with Crippen molar-refractivity contribution >= 4 is 0 Å². The average molecular weight is 179 g/mol. The molecule has 0 aromatic heterocycles. The first-order valence-electron chi connectivity index (χ1n) is 6.13. The van der Waals surface area contributed by atoms with Gasteiger partial charge in [-0.2, -0.15) is 0 Å². The van der Waals surface area contributed by atoms with Gasteiger partial charge in [0, 0.05) is 18.1 Å². The zero-order valence-electron chi connectivity index (χ0n) is 8.71. The SMILES string of the molecule is CC1CCC1N1C2CCCC1CC2. The number of nitrogens with zero attached hydrogens (tertiary/aromatic N) is 1. The second-order valence-electron chi connectivity index (χ2n) is 5.39. The molecular weight excluding hydrogens is 158 g/mol. The van der Waals surface area contributed by atoms with Crippen molar-refractivity contribution in [3.63, 3.8) is 0 Å². The van der Waals surface area contributed by atoms with Crippen molar-refractivity contribution in [2.75, 3.05) is 0 Å². The molecular formula is C12H21N. The van der Waals surface area contributed by atoms with Gasteiger partial charge in [-0.05, 0) is 44.4 Å². The first kappa shape index (κ1) is 8.28. The fourth-order valence-electron chi connectivity index (χ4n) is 3.79. The molecule has 3 rings (SSSR count). The Kier molecular flexibility index (Phi) is 1.90. The Morgan fingerprint density at radius 2 is 1.54 bits per heavy atom. The van der Waals surface area contributed by atoms with Crippen LogP contribution in [0.5, 0.6) is 0 Å². The summed E-state index contributed by atoms with van der Waals surface area (Å²) in [5.41, 5.74) is 0. The van der Waals surface area contributed by atoms with Crippen molar-refractivity contribution in [3.05, 3.63) is 0 Å². The number of fused-ring (bicyclic) bond motifs is 2. The third kappa shape index (κ3) is 1.16. The maximum absolute atomic E-state index is 2.91. The highest BCUT2D eigenvalue weighted by Gasteiger charge is 2.44. The lowest BCUT2D eigenvalue weighted by Crippen LogP contribution is -2.53. The molecule has 13 heavy (non-hydrogen) atoms. The van der Waals surface area contributed by atoms with Gasteiger partial charge in [0.15, 0.2) is 0 Å². The van der Waals surface area contributed by atoms with Crippen LogP contribution in [0.1, 0.15) is 51.9 Å². The summed E-state index contributed by atoms with van der Waals surface area (Å²) in [5, 5.41) is 0. The van der Waals surface area contributed by atoms with Gasteiger partial charge < -0.3 is 0 Å². The van der Waals surface area contributed by atoms with Crippen LogP contribution >= 0.6 is 0 Å². The summed E-state index contributed by atoms with van der Waals surface area (Å²) < 4.78 is 0. The molecule has 0 aromatic rings. The van der Waals surface area contributed by atoms with Crippen LogP contribution in [-0.4, -0.2) is 23.0 Å². The molecule has 4 atom stereocenters. The second-order valence-corrected chi connectivity index (χ2v) is 5.39. The number of hydrogen-bond acceptors (Lipinski definition) is 1. The summed E-state index contributed by atoms with van der Waals surface area (Å²) in [5.74, 6) is 1.00. The minimum absolute atomic E-state index is 0.984. The molecule has 1 heteroatoms. The highest BCUT2D eigenvalue weighted by molar-refractivity contribution is 4.99. The quantitative estimate of drug-likeness (QED) is 0.598. The van der Waals surface area contributed by atoms with Gasteiger partial charge in [-0.3, -0.25) is 4.90 Å². The molecule has 4 unspecified atom stereocenters. The van der Waals surface area contributed by atoms with E-state index in [2.05, 4.69) is 11.8 Å². The Labute approximate surface area is 81.5 Å². The van der Waals surface area contributed by atoms with E-state index in [1.54, 1.807) is 0 Å². The lowest BCUT2D eigenvalue weighted by Gasteiger charge is -2.48. The number of piperidine rings is 1. The topological polar surface area (TPSA) is 3.24 Å². The fourth-order valence-corrected chi connectivity index (χ4v) is 3.79. The van der Waals surface area contributed by atoms with Gasteiger partial charge in [0.2, 0.25) is 0 Å². The van der Waals surface area contributed by atoms with Crippen LogP contribution in [0.25, 0.3) is 0 Å². The molecule has 0 amide bonds. The third-order valence-corrected chi connectivity index (χ3v) is 4.71. The molecule has 2 saturated heterocycles. The van der Waals surface area contributed by atoms with E-state index in [1.807, 2.05) is 0 Å². The lowest BCUT2D eigenvalue weighted by atomic mass is 9.78. The first-order valence-corrected chi connectivity index (χ1v) is 6.13. The van der Waals surface area contributed by atoms with Crippen LogP contribution in [0.15, 0.2) is 0 Å². The highest BCUT2D eigenvalue weighted by Crippen LogP contribution is 2.43. The fraction of sp³-hybridized carbons (Fsp3) is 1.00. The van der Waals surface area contributed by atoms with Crippen molar-refractivity contribution in [1.82, 2.24) is 4.90 Å². The van der Waals surface area contributed by atoms with E-state index in [-0.39, 0.29) is 0 Å². The van der Waals surface area contributed by atoms with Gasteiger partial charge in [0.25, 0.3) is 0 Å². The van der Waals surface area contributed by atoms with Gasteiger partial charge in [-0.15, -0.1) is 0 Å². The van der Waals surface area contributed by atoms with Gasteiger partial charge in [-0.25, -0.2) is 0 Å². The van der Waals surface area contributed by atoms with Crippen molar-refractivity contribution in [3.8, 4) is 0 Å². The molecule has 3 fully saturated rings. The smallest absolute Gasteiger partial charge is 0.0127 e. The van der Waals surface area contributed by atoms with E-state index in [4.69, 9.17) is 0 Å². The second kappa shape index (κ2) is 2.98. The number of hydrogen-bond donors (Lipinski definition) is 0. The standard InChI is InChI=1S/C12H21N/c1-9-5-8-12(9)13-10-3-2-4-11(13)7-6-10/h9-12H,2-8H2,1H3. The highest BCUT2D eigenvalue weighted by atomic mass is 15.3. The molecule has 0 radical (unpaired) electrons. The van der Waals surface area contributed by atoms with Gasteiger partial charge in [0.1, 0.15) is 0 Å². The Morgan fingerprint density at radius 3 is 2.00 bits per heavy atom. The van der Waals surface area contributed by atoms with E-state index in [0.29, 0.717) is 0 Å². The van der Waals surface area contributed by atoms with Crippen molar-refractivity contribution in [1.29, 1.82) is 0 Å². The Balaban J connectivity index is 1.75. The monoisotopic (exact) mass is 179 g/mol. The van der Waals surface area contributed by atoms with Gasteiger partial charge in [0.05, 0.1) is 0 Å². The van der Waals surface area contributed by atoms with Gasteiger partial charge >= 0.3 is 0 Å². The molecule has 0 N–H and O–H groups in total. The van der Waals surface area contributed by atoms with E-state index in [9.17, 15) is 0 Å². The molecule has 74 valence electrons. The molecule has 0 spiro atoms. The van der Waals surface area contributed by atoms with Crippen LogP contribution < -0.4 is 0 Å². The molecule has 3 aliphatic rings. The van der Waals surface area contributed by atoms with Crippen LogP contribution in [0.3, 0.4) is 0 Å². The molecule has 2 aliphatic heterocycles. The van der Waals surface area contributed by atoms with Crippen LogP contribution in [0, 0.1) is 5.92 Å². The molecule has 1 nitrogen and oxygen atoms in total. The van der Waals surface area contributed by atoms with Crippen LogP contribution in [0.2, 0.25) is 0 Å². The first-order chi connectivity index (χ1) is 6.36. The maximum Gasteiger partial charge on any atom is 0.0127 e. The molecule has 1 saturated carbocycles. The summed E-state index contributed by atoms with van der Waals surface area (Å²) in [6.45, 7) is 2.45. The van der Waals surface area contributed by atoms with E-state index in [1.165, 1.54) is 44.9 Å². The molecule has 2 bridgehead atoms. The summed E-state index contributed by atoms with van der Waals surface area (Å²) in [6.07, 6.45) is 10.5. The lowest BCUT2D eigenvalue weighted by molar-refractivity contribution is 0.00774. The molecule has 2 heterocycles.